The van der Waals surface area contributed by atoms with Crippen LogP contribution in [-0.2, 0) is 5.60 Å². The zero-order valence-corrected chi connectivity index (χ0v) is 10.7. The predicted molar refractivity (Wildman–Crippen MR) is 69.7 cm³/mol. The highest BCUT2D eigenvalue weighted by molar-refractivity contribution is 5.85. The summed E-state index contributed by atoms with van der Waals surface area (Å²) in [5, 5.41) is 18.7. The Bertz CT molecular complexity index is 601. The normalized spacial score (nSPS) is 11.3. The third kappa shape index (κ3) is 2.95. The van der Waals surface area contributed by atoms with Gasteiger partial charge in [0.15, 0.2) is 5.69 Å². The molecular formula is C14H14N2O3. The number of nitrogens with zero attached hydrogens (tertiary/aromatic N) is 2. The minimum Gasteiger partial charge on any atom is -0.476 e. The van der Waals surface area contributed by atoms with Gasteiger partial charge in [0.25, 0.3) is 0 Å². The number of aliphatic hydroxyl groups is 1. The molecule has 5 heteroatoms. The number of rotatable bonds is 3. The predicted octanol–water partition coefficient (Wildman–Crippen LogP) is 2.07. The second kappa shape index (κ2) is 4.78. The van der Waals surface area contributed by atoms with Crippen LogP contribution < -0.4 is 0 Å². The van der Waals surface area contributed by atoms with Crippen LogP contribution in [0.2, 0.25) is 0 Å². The van der Waals surface area contributed by atoms with Crippen molar-refractivity contribution in [3.8, 4) is 11.3 Å². The Morgan fingerprint density at radius 2 is 1.79 bits per heavy atom. The van der Waals surface area contributed by atoms with Crippen molar-refractivity contribution in [1.29, 1.82) is 0 Å². The second-order valence-electron chi connectivity index (χ2n) is 4.73. The van der Waals surface area contributed by atoms with Gasteiger partial charge in [-0.05, 0) is 19.4 Å². The van der Waals surface area contributed by atoms with Crippen LogP contribution in [0.15, 0.2) is 36.7 Å². The van der Waals surface area contributed by atoms with Gasteiger partial charge in [-0.2, -0.15) is 0 Å². The van der Waals surface area contributed by atoms with Crippen LogP contribution in [0.4, 0.5) is 0 Å². The number of carboxylic acids is 1. The Hall–Kier alpha value is -2.27. The molecule has 0 fully saturated rings. The lowest BCUT2D eigenvalue weighted by atomic mass is 9.97. The van der Waals surface area contributed by atoms with Crippen molar-refractivity contribution in [2.45, 2.75) is 19.4 Å². The summed E-state index contributed by atoms with van der Waals surface area (Å²) < 4.78 is 0. The molecule has 0 saturated heterocycles. The summed E-state index contributed by atoms with van der Waals surface area (Å²) in [5.41, 5.74) is 1.01. The molecule has 0 radical (unpaired) electrons. The molecule has 1 aromatic heterocycles. The summed E-state index contributed by atoms with van der Waals surface area (Å²) in [4.78, 5) is 18.7. The van der Waals surface area contributed by atoms with E-state index >= 15 is 0 Å². The van der Waals surface area contributed by atoms with Crippen molar-refractivity contribution in [1.82, 2.24) is 9.97 Å². The van der Waals surface area contributed by atoms with Crippen LogP contribution in [0.3, 0.4) is 0 Å². The maximum atomic E-state index is 10.8. The van der Waals surface area contributed by atoms with Crippen molar-refractivity contribution in [3.05, 3.63) is 47.9 Å². The fraction of sp³-hybridized carbons (Fsp3) is 0.214. The summed E-state index contributed by atoms with van der Waals surface area (Å²) >= 11 is 0. The van der Waals surface area contributed by atoms with E-state index in [1.165, 1.54) is 12.4 Å². The van der Waals surface area contributed by atoms with E-state index in [-0.39, 0.29) is 5.69 Å². The minimum atomic E-state index is -1.11. The number of carboxylic acid groups (broad SMARTS) is 1. The maximum Gasteiger partial charge on any atom is 0.356 e. The molecule has 0 spiro atoms. The third-order valence-electron chi connectivity index (χ3n) is 2.74. The smallest absolute Gasteiger partial charge is 0.356 e. The standard InChI is InChI=1S/C14H14N2O3/c1-14(2,19)10-5-3-9(4-6-10)11-7-15-8-12(16-11)13(17)18/h3-8,19H,1-2H3,(H,17,18). The van der Waals surface area contributed by atoms with E-state index in [4.69, 9.17) is 5.11 Å². The van der Waals surface area contributed by atoms with Crippen LogP contribution in [0.25, 0.3) is 11.3 Å². The highest BCUT2D eigenvalue weighted by Crippen LogP contribution is 2.23. The fourth-order valence-electron chi connectivity index (χ4n) is 1.66. The van der Waals surface area contributed by atoms with Gasteiger partial charge in [-0.1, -0.05) is 24.3 Å². The molecule has 0 atom stereocenters. The first-order valence-corrected chi connectivity index (χ1v) is 5.76. The largest absolute Gasteiger partial charge is 0.476 e. The number of aromatic carboxylic acids is 1. The first-order chi connectivity index (χ1) is 8.88. The number of hydrogen-bond donors (Lipinski definition) is 2. The third-order valence-corrected chi connectivity index (χ3v) is 2.74. The van der Waals surface area contributed by atoms with Crippen molar-refractivity contribution >= 4 is 5.97 Å². The van der Waals surface area contributed by atoms with Gasteiger partial charge in [0.2, 0.25) is 0 Å². The fourth-order valence-corrected chi connectivity index (χ4v) is 1.66. The molecule has 1 aromatic carbocycles. The number of carbonyl (C=O) groups is 1. The molecule has 2 rings (SSSR count). The van der Waals surface area contributed by atoms with Gasteiger partial charge in [-0.15, -0.1) is 0 Å². The summed E-state index contributed by atoms with van der Waals surface area (Å²) in [6, 6.07) is 7.13. The van der Waals surface area contributed by atoms with Gasteiger partial charge < -0.3 is 10.2 Å². The van der Waals surface area contributed by atoms with Crippen molar-refractivity contribution in [2.24, 2.45) is 0 Å². The van der Waals surface area contributed by atoms with Crippen LogP contribution in [0.5, 0.6) is 0 Å². The quantitative estimate of drug-likeness (QED) is 0.880. The van der Waals surface area contributed by atoms with E-state index in [9.17, 15) is 9.90 Å². The highest BCUT2D eigenvalue weighted by Gasteiger charge is 2.15. The molecule has 0 saturated carbocycles. The molecule has 0 aliphatic heterocycles. The molecule has 0 aliphatic rings. The molecule has 98 valence electrons. The van der Waals surface area contributed by atoms with Crippen LogP contribution >= 0.6 is 0 Å². The van der Waals surface area contributed by atoms with Gasteiger partial charge in [-0.3, -0.25) is 4.98 Å². The lowest BCUT2D eigenvalue weighted by Crippen LogP contribution is -2.14. The molecule has 19 heavy (non-hydrogen) atoms. The summed E-state index contributed by atoms with van der Waals surface area (Å²) in [6.45, 7) is 3.40. The first-order valence-electron chi connectivity index (χ1n) is 5.76. The Morgan fingerprint density at radius 1 is 1.16 bits per heavy atom. The first kappa shape index (κ1) is 13.2. The number of aromatic nitrogens is 2. The Morgan fingerprint density at radius 3 is 2.32 bits per heavy atom. The van der Waals surface area contributed by atoms with E-state index in [0.717, 1.165) is 11.1 Å². The monoisotopic (exact) mass is 258 g/mol. The highest BCUT2D eigenvalue weighted by atomic mass is 16.4. The number of hydrogen-bond acceptors (Lipinski definition) is 4. The van der Waals surface area contributed by atoms with Gasteiger partial charge in [0.1, 0.15) is 0 Å². The SMILES string of the molecule is CC(C)(O)c1ccc(-c2cncc(C(=O)O)n2)cc1. The molecule has 1 heterocycles. The molecule has 2 aromatic rings. The minimum absolute atomic E-state index is 0.0935. The van der Waals surface area contributed by atoms with Crippen molar-refractivity contribution in [2.75, 3.05) is 0 Å². The van der Waals surface area contributed by atoms with Crippen LogP contribution in [-0.4, -0.2) is 26.2 Å². The summed E-state index contributed by atoms with van der Waals surface area (Å²) in [5.74, 6) is -1.11. The molecule has 0 amide bonds. The Kier molecular flexibility index (Phi) is 3.31. The summed E-state index contributed by atoms with van der Waals surface area (Å²) in [6.07, 6.45) is 2.71. The average molecular weight is 258 g/mol. The Balaban J connectivity index is 2.37. The van der Waals surface area contributed by atoms with Gasteiger partial charge in [0.05, 0.1) is 23.7 Å². The molecular weight excluding hydrogens is 244 g/mol. The summed E-state index contributed by atoms with van der Waals surface area (Å²) in [7, 11) is 0. The topological polar surface area (TPSA) is 83.3 Å². The van der Waals surface area contributed by atoms with Crippen LogP contribution in [0.1, 0.15) is 29.9 Å². The molecule has 2 N–H and O–H groups in total. The second-order valence-corrected chi connectivity index (χ2v) is 4.73. The van der Waals surface area contributed by atoms with E-state index < -0.39 is 11.6 Å². The zero-order chi connectivity index (χ0) is 14.0. The average Bonchev–Trinajstić information content (AvgIpc) is 2.38. The molecule has 0 unspecified atom stereocenters. The van der Waals surface area contributed by atoms with Crippen molar-refractivity contribution < 1.29 is 15.0 Å². The van der Waals surface area contributed by atoms with E-state index in [1.54, 1.807) is 38.1 Å². The maximum absolute atomic E-state index is 10.8. The van der Waals surface area contributed by atoms with Gasteiger partial charge >= 0.3 is 5.97 Å². The zero-order valence-electron chi connectivity index (χ0n) is 10.7. The van der Waals surface area contributed by atoms with E-state index in [1.807, 2.05) is 0 Å². The molecule has 5 nitrogen and oxygen atoms in total. The van der Waals surface area contributed by atoms with Crippen LogP contribution in [0, 0.1) is 0 Å². The molecule has 0 aliphatic carbocycles. The lowest BCUT2D eigenvalue weighted by molar-refractivity contribution is 0.0689. The molecule has 0 bridgehead atoms. The van der Waals surface area contributed by atoms with Gasteiger partial charge in [0, 0.05) is 5.56 Å². The van der Waals surface area contributed by atoms with E-state index in [2.05, 4.69) is 9.97 Å². The van der Waals surface area contributed by atoms with Crippen molar-refractivity contribution in [3.63, 3.8) is 0 Å². The lowest BCUT2D eigenvalue weighted by Gasteiger charge is -2.17. The van der Waals surface area contributed by atoms with Gasteiger partial charge in [-0.25, -0.2) is 9.78 Å². The van der Waals surface area contributed by atoms with E-state index in [0.29, 0.717) is 5.69 Å². The Labute approximate surface area is 110 Å². The number of benzene rings is 1.